The third kappa shape index (κ3) is 3.58. The van der Waals surface area contributed by atoms with E-state index in [2.05, 4.69) is 22.0 Å². The number of aromatic nitrogens is 1. The molecule has 2 fully saturated rings. The first kappa shape index (κ1) is 16.6. The van der Waals surface area contributed by atoms with Crippen LogP contribution in [0.4, 0.5) is 5.69 Å². The van der Waals surface area contributed by atoms with Crippen molar-refractivity contribution in [2.45, 2.75) is 37.9 Å². The molecule has 1 unspecified atom stereocenters. The van der Waals surface area contributed by atoms with Crippen molar-refractivity contribution >= 4 is 16.6 Å². The van der Waals surface area contributed by atoms with Crippen molar-refractivity contribution in [2.75, 3.05) is 38.3 Å². The van der Waals surface area contributed by atoms with Gasteiger partial charge in [-0.2, -0.15) is 0 Å². The smallest absolute Gasteiger partial charge is 0.145 e. The van der Waals surface area contributed by atoms with E-state index in [0.717, 1.165) is 62.2 Å². The first-order valence-electron chi connectivity index (χ1n) is 9.25. The summed E-state index contributed by atoms with van der Waals surface area (Å²) in [5, 5.41) is 1.15. The number of pyridine rings is 1. The molecule has 134 valence electrons. The molecule has 0 N–H and O–H groups in total. The lowest BCUT2D eigenvalue weighted by Gasteiger charge is -2.34. The number of rotatable bonds is 5. The van der Waals surface area contributed by atoms with Crippen LogP contribution in [0.15, 0.2) is 30.5 Å². The van der Waals surface area contributed by atoms with Crippen LogP contribution >= 0.6 is 0 Å². The van der Waals surface area contributed by atoms with E-state index >= 15 is 0 Å². The molecular formula is C20H26N2O3. The van der Waals surface area contributed by atoms with E-state index in [1.165, 1.54) is 12.1 Å². The van der Waals surface area contributed by atoms with Crippen LogP contribution in [0.3, 0.4) is 0 Å². The zero-order chi connectivity index (χ0) is 17.1. The van der Waals surface area contributed by atoms with E-state index in [9.17, 15) is 0 Å². The molecule has 5 heteroatoms. The number of hydrogen-bond donors (Lipinski definition) is 0. The van der Waals surface area contributed by atoms with Crippen molar-refractivity contribution in [1.82, 2.24) is 4.98 Å². The molecule has 5 nitrogen and oxygen atoms in total. The molecule has 0 bridgehead atoms. The van der Waals surface area contributed by atoms with Crippen molar-refractivity contribution in [1.29, 1.82) is 0 Å². The maximum Gasteiger partial charge on any atom is 0.145 e. The SMILES string of the molecule is COc1cccc2c(N3CCC(OCC4CCCO4)CC3)ccnc12. The molecule has 0 saturated carbocycles. The van der Waals surface area contributed by atoms with Gasteiger partial charge in [0.2, 0.25) is 0 Å². The van der Waals surface area contributed by atoms with E-state index in [1.54, 1.807) is 7.11 Å². The second kappa shape index (κ2) is 7.58. The standard InChI is InChI=1S/C20H26N2O3/c1-23-19-6-2-5-17-18(7-10-21-20(17)19)22-11-8-15(9-12-22)25-14-16-4-3-13-24-16/h2,5-7,10,15-16H,3-4,8-9,11-14H2,1H3. The van der Waals surface area contributed by atoms with Crippen LogP contribution in [0.2, 0.25) is 0 Å². The number of hydrogen-bond acceptors (Lipinski definition) is 5. The van der Waals surface area contributed by atoms with Crippen LogP contribution in [-0.4, -0.2) is 50.6 Å². The van der Waals surface area contributed by atoms with Crippen LogP contribution in [0, 0.1) is 0 Å². The highest BCUT2D eigenvalue weighted by molar-refractivity contribution is 5.95. The number of ether oxygens (including phenoxy) is 3. The number of methoxy groups -OCH3 is 1. The lowest BCUT2D eigenvalue weighted by atomic mass is 10.1. The number of benzene rings is 1. The molecule has 1 aromatic heterocycles. The molecule has 0 spiro atoms. The second-order valence-corrected chi connectivity index (χ2v) is 6.84. The summed E-state index contributed by atoms with van der Waals surface area (Å²) in [6.07, 6.45) is 6.97. The molecule has 4 rings (SSSR count). The van der Waals surface area contributed by atoms with Gasteiger partial charge in [0.15, 0.2) is 0 Å². The Morgan fingerprint density at radius 1 is 1.20 bits per heavy atom. The van der Waals surface area contributed by atoms with Gasteiger partial charge in [-0.1, -0.05) is 12.1 Å². The predicted molar refractivity (Wildman–Crippen MR) is 98.5 cm³/mol. The Morgan fingerprint density at radius 2 is 2.08 bits per heavy atom. The Hall–Kier alpha value is -1.85. The average molecular weight is 342 g/mol. The maximum absolute atomic E-state index is 6.09. The van der Waals surface area contributed by atoms with Crippen molar-refractivity contribution in [3.05, 3.63) is 30.5 Å². The summed E-state index contributed by atoms with van der Waals surface area (Å²) in [7, 11) is 1.69. The lowest BCUT2D eigenvalue weighted by molar-refractivity contribution is -0.0280. The second-order valence-electron chi connectivity index (χ2n) is 6.84. The molecule has 1 atom stereocenters. The minimum Gasteiger partial charge on any atom is -0.494 e. The van der Waals surface area contributed by atoms with Gasteiger partial charge in [-0.05, 0) is 37.8 Å². The number of anilines is 1. The summed E-state index contributed by atoms with van der Waals surface area (Å²) in [5.74, 6) is 0.828. The topological polar surface area (TPSA) is 43.8 Å². The zero-order valence-electron chi connectivity index (χ0n) is 14.8. The van der Waals surface area contributed by atoms with Gasteiger partial charge in [-0.25, -0.2) is 0 Å². The molecule has 2 aliphatic rings. The Kier molecular flexibility index (Phi) is 5.04. The van der Waals surface area contributed by atoms with Gasteiger partial charge in [0.25, 0.3) is 0 Å². The van der Waals surface area contributed by atoms with E-state index in [0.29, 0.717) is 12.2 Å². The molecule has 2 aliphatic heterocycles. The summed E-state index contributed by atoms with van der Waals surface area (Å²) < 4.78 is 17.2. The molecule has 3 heterocycles. The van der Waals surface area contributed by atoms with Gasteiger partial charge in [-0.3, -0.25) is 4.98 Å². The van der Waals surface area contributed by atoms with E-state index in [4.69, 9.17) is 14.2 Å². The van der Waals surface area contributed by atoms with Gasteiger partial charge in [-0.15, -0.1) is 0 Å². The average Bonchev–Trinajstić information content (AvgIpc) is 3.19. The molecule has 2 aromatic rings. The maximum atomic E-state index is 6.09. The Labute approximate surface area is 148 Å². The summed E-state index contributed by atoms with van der Waals surface area (Å²) in [6.45, 7) is 3.66. The third-order valence-electron chi connectivity index (χ3n) is 5.26. The Balaban J connectivity index is 1.41. The summed E-state index contributed by atoms with van der Waals surface area (Å²) in [5.41, 5.74) is 2.17. The van der Waals surface area contributed by atoms with Crippen LogP contribution in [-0.2, 0) is 9.47 Å². The number of piperidine rings is 1. The van der Waals surface area contributed by atoms with Crippen LogP contribution < -0.4 is 9.64 Å². The summed E-state index contributed by atoms with van der Waals surface area (Å²) >= 11 is 0. The van der Waals surface area contributed by atoms with Crippen molar-refractivity contribution in [2.24, 2.45) is 0 Å². The van der Waals surface area contributed by atoms with Crippen molar-refractivity contribution < 1.29 is 14.2 Å². The van der Waals surface area contributed by atoms with Gasteiger partial charge in [0.05, 0.1) is 25.9 Å². The minimum absolute atomic E-state index is 0.314. The fourth-order valence-electron chi connectivity index (χ4n) is 3.86. The first-order valence-corrected chi connectivity index (χ1v) is 9.25. The lowest BCUT2D eigenvalue weighted by Crippen LogP contribution is -2.38. The molecule has 0 amide bonds. The fourth-order valence-corrected chi connectivity index (χ4v) is 3.86. The van der Waals surface area contributed by atoms with E-state index < -0.39 is 0 Å². The monoisotopic (exact) mass is 342 g/mol. The van der Waals surface area contributed by atoms with Crippen molar-refractivity contribution in [3.63, 3.8) is 0 Å². The zero-order valence-corrected chi connectivity index (χ0v) is 14.8. The highest BCUT2D eigenvalue weighted by Crippen LogP contribution is 2.32. The highest BCUT2D eigenvalue weighted by Gasteiger charge is 2.24. The van der Waals surface area contributed by atoms with E-state index in [1.807, 2.05) is 18.3 Å². The van der Waals surface area contributed by atoms with Gasteiger partial charge in [0, 0.05) is 37.0 Å². The van der Waals surface area contributed by atoms with Gasteiger partial charge in [0.1, 0.15) is 11.3 Å². The van der Waals surface area contributed by atoms with Crippen LogP contribution in [0.25, 0.3) is 10.9 Å². The predicted octanol–water partition coefficient (Wildman–Crippen LogP) is 3.41. The minimum atomic E-state index is 0.314. The quantitative estimate of drug-likeness (QED) is 0.833. The summed E-state index contributed by atoms with van der Waals surface area (Å²) in [6, 6.07) is 8.23. The van der Waals surface area contributed by atoms with Crippen LogP contribution in [0.5, 0.6) is 5.75 Å². The molecule has 1 aromatic carbocycles. The Bertz CT molecular complexity index is 707. The Morgan fingerprint density at radius 3 is 2.84 bits per heavy atom. The molecule has 25 heavy (non-hydrogen) atoms. The summed E-state index contributed by atoms with van der Waals surface area (Å²) in [4.78, 5) is 6.95. The van der Waals surface area contributed by atoms with Gasteiger partial charge >= 0.3 is 0 Å². The molecule has 0 aliphatic carbocycles. The number of fused-ring (bicyclic) bond motifs is 1. The molecular weight excluding hydrogens is 316 g/mol. The third-order valence-corrected chi connectivity index (χ3v) is 5.26. The highest BCUT2D eigenvalue weighted by atomic mass is 16.5. The normalized spacial score (nSPS) is 21.8. The fraction of sp³-hybridized carbons (Fsp3) is 0.550. The van der Waals surface area contributed by atoms with Gasteiger partial charge < -0.3 is 19.1 Å². The first-order chi connectivity index (χ1) is 12.3. The number of para-hydroxylation sites is 1. The molecule has 2 saturated heterocycles. The number of nitrogens with zero attached hydrogens (tertiary/aromatic N) is 2. The largest absolute Gasteiger partial charge is 0.494 e. The molecule has 0 radical (unpaired) electrons. The van der Waals surface area contributed by atoms with E-state index in [-0.39, 0.29) is 0 Å². The van der Waals surface area contributed by atoms with Crippen LogP contribution in [0.1, 0.15) is 25.7 Å². The van der Waals surface area contributed by atoms with Crippen molar-refractivity contribution in [3.8, 4) is 5.75 Å².